The molecular formula is C17H19N3O. The number of rotatable bonds is 5. The molecule has 21 heavy (non-hydrogen) atoms. The largest absolute Gasteiger partial charge is 0.381 e. The van der Waals surface area contributed by atoms with E-state index in [1.807, 2.05) is 32.0 Å². The van der Waals surface area contributed by atoms with Crippen LogP contribution in [0.15, 0.2) is 49.2 Å². The number of carbonyl (C=O) groups excluding carboxylic acids is 1. The Kier molecular flexibility index (Phi) is 4.72. The Balaban J connectivity index is 2.14. The van der Waals surface area contributed by atoms with E-state index in [1.54, 1.807) is 18.3 Å². The summed E-state index contributed by atoms with van der Waals surface area (Å²) < 4.78 is 0. The SMILES string of the molecule is C=CCNc1ccnc(C(=O)Nc2cc(C)cc(C)c2)c1. The Labute approximate surface area is 124 Å². The first-order valence-corrected chi connectivity index (χ1v) is 6.79. The molecule has 0 fully saturated rings. The number of pyridine rings is 1. The minimum absolute atomic E-state index is 0.220. The molecule has 2 aromatic rings. The van der Waals surface area contributed by atoms with Crippen molar-refractivity contribution in [2.24, 2.45) is 0 Å². The molecule has 0 atom stereocenters. The first-order chi connectivity index (χ1) is 10.1. The van der Waals surface area contributed by atoms with Crippen LogP contribution >= 0.6 is 0 Å². The van der Waals surface area contributed by atoms with E-state index < -0.39 is 0 Å². The van der Waals surface area contributed by atoms with Crippen molar-refractivity contribution < 1.29 is 4.79 Å². The smallest absolute Gasteiger partial charge is 0.274 e. The second-order valence-electron chi connectivity index (χ2n) is 4.93. The quantitative estimate of drug-likeness (QED) is 0.824. The van der Waals surface area contributed by atoms with Crippen LogP contribution in [0.1, 0.15) is 21.6 Å². The van der Waals surface area contributed by atoms with Crippen molar-refractivity contribution in [3.05, 3.63) is 66.0 Å². The van der Waals surface area contributed by atoms with Crippen LogP contribution in [0.3, 0.4) is 0 Å². The van der Waals surface area contributed by atoms with Gasteiger partial charge in [-0.05, 0) is 49.2 Å². The number of hydrogen-bond acceptors (Lipinski definition) is 3. The predicted molar refractivity (Wildman–Crippen MR) is 86.8 cm³/mol. The Hall–Kier alpha value is -2.62. The van der Waals surface area contributed by atoms with Crippen molar-refractivity contribution in [3.63, 3.8) is 0 Å². The molecule has 0 radical (unpaired) electrons. The van der Waals surface area contributed by atoms with Crippen LogP contribution in [0.25, 0.3) is 0 Å². The van der Waals surface area contributed by atoms with Crippen LogP contribution in [-0.4, -0.2) is 17.4 Å². The molecule has 1 heterocycles. The Morgan fingerprint density at radius 3 is 2.57 bits per heavy atom. The third kappa shape index (κ3) is 4.18. The standard InChI is InChI=1S/C17H19N3O/c1-4-6-18-14-5-7-19-16(11-14)17(21)20-15-9-12(2)8-13(3)10-15/h4-5,7-11H,1,6H2,2-3H3,(H,18,19)(H,20,21). The van der Waals surface area contributed by atoms with Gasteiger partial charge in [-0.25, -0.2) is 0 Å². The zero-order chi connectivity index (χ0) is 15.2. The molecule has 2 rings (SSSR count). The van der Waals surface area contributed by atoms with Gasteiger partial charge in [0, 0.05) is 24.1 Å². The molecular weight excluding hydrogens is 262 g/mol. The molecule has 1 amide bonds. The van der Waals surface area contributed by atoms with Crippen molar-refractivity contribution in [2.75, 3.05) is 17.2 Å². The summed E-state index contributed by atoms with van der Waals surface area (Å²) in [5.41, 5.74) is 4.22. The molecule has 1 aromatic heterocycles. The van der Waals surface area contributed by atoms with Crippen molar-refractivity contribution in [3.8, 4) is 0 Å². The molecule has 4 nitrogen and oxygen atoms in total. The molecule has 0 saturated carbocycles. The fraction of sp³-hybridized carbons (Fsp3) is 0.176. The summed E-state index contributed by atoms with van der Waals surface area (Å²) in [6, 6.07) is 9.47. The third-order valence-electron chi connectivity index (χ3n) is 2.92. The van der Waals surface area contributed by atoms with Gasteiger partial charge in [-0.1, -0.05) is 12.1 Å². The van der Waals surface area contributed by atoms with E-state index >= 15 is 0 Å². The Bertz CT molecular complexity index is 645. The highest BCUT2D eigenvalue weighted by Crippen LogP contribution is 2.15. The summed E-state index contributed by atoms with van der Waals surface area (Å²) in [7, 11) is 0. The highest BCUT2D eigenvalue weighted by Gasteiger charge is 2.08. The van der Waals surface area contributed by atoms with Gasteiger partial charge in [0.05, 0.1) is 0 Å². The zero-order valence-corrected chi connectivity index (χ0v) is 12.3. The second-order valence-corrected chi connectivity index (χ2v) is 4.93. The van der Waals surface area contributed by atoms with E-state index in [2.05, 4.69) is 28.3 Å². The number of nitrogens with one attached hydrogen (secondary N) is 2. The average Bonchev–Trinajstić information content (AvgIpc) is 2.44. The minimum Gasteiger partial charge on any atom is -0.381 e. The summed E-state index contributed by atoms with van der Waals surface area (Å²) in [5, 5.41) is 6.01. The molecule has 108 valence electrons. The topological polar surface area (TPSA) is 54.0 Å². The first kappa shape index (κ1) is 14.8. The molecule has 0 aliphatic rings. The van der Waals surface area contributed by atoms with E-state index in [4.69, 9.17) is 0 Å². The van der Waals surface area contributed by atoms with Crippen LogP contribution in [0.2, 0.25) is 0 Å². The molecule has 0 spiro atoms. The number of benzene rings is 1. The third-order valence-corrected chi connectivity index (χ3v) is 2.92. The number of aryl methyl sites for hydroxylation is 2. The molecule has 0 aliphatic carbocycles. The van der Waals surface area contributed by atoms with Crippen LogP contribution in [-0.2, 0) is 0 Å². The van der Waals surface area contributed by atoms with E-state index in [9.17, 15) is 4.79 Å². The molecule has 0 saturated heterocycles. The van der Waals surface area contributed by atoms with Gasteiger partial charge < -0.3 is 10.6 Å². The maximum Gasteiger partial charge on any atom is 0.274 e. The van der Waals surface area contributed by atoms with Gasteiger partial charge in [0.15, 0.2) is 0 Å². The minimum atomic E-state index is -0.220. The zero-order valence-electron chi connectivity index (χ0n) is 12.3. The summed E-state index contributed by atoms with van der Waals surface area (Å²) in [6.45, 7) is 8.29. The maximum atomic E-state index is 12.2. The number of hydrogen-bond donors (Lipinski definition) is 2. The van der Waals surface area contributed by atoms with Gasteiger partial charge in [-0.15, -0.1) is 6.58 Å². The summed E-state index contributed by atoms with van der Waals surface area (Å²) in [4.78, 5) is 16.4. The van der Waals surface area contributed by atoms with E-state index in [0.29, 0.717) is 12.2 Å². The van der Waals surface area contributed by atoms with Crippen molar-refractivity contribution in [1.29, 1.82) is 0 Å². The summed E-state index contributed by atoms with van der Waals surface area (Å²) in [6.07, 6.45) is 3.37. The molecule has 0 unspecified atom stereocenters. The lowest BCUT2D eigenvalue weighted by molar-refractivity contribution is 0.102. The number of anilines is 2. The van der Waals surface area contributed by atoms with E-state index in [1.165, 1.54) is 0 Å². The predicted octanol–water partition coefficient (Wildman–Crippen LogP) is 3.55. The number of amides is 1. The van der Waals surface area contributed by atoms with Crippen LogP contribution in [0, 0.1) is 13.8 Å². The molecule has 0 bridgehead atoms. The fourth-order valence-corrected chi connectivity index (χ4v) is 2.10. The highest BCUT2D eigenvalue weighted by atomic mass is 16.1. The summed E-state index contributed by atoms with van der Waals surface area (Å²) in [5.74, 6) is -0.220. The Morgan fingerprint density at radius 2 is 1.90 bits per heavy atom. The lowest BCUT2D eigenvalue weighted by atomic mass is 10.1. The number of aromatic nitrogens is 1. The van der Waals surface area contributed by atoms with E-state index in [0.717, 1.165) is 22.5 Å². The lowest BCUT2D eigenvalue weighted by Crippen LogP contribution is -2.14. The molecule has 1 aromatic carbocycles. The molecule has 0 aliphatic heterocycles. The first-order valence-electron chi connectivity index (χ1n) is 6.79. The normalized spacial score (nSPS) is 10.0. The second kappa shape index (κ2) is 6.70. The van der Waals surface area contributed by atoms with Crippen molar-refractivity contribution in [2.45, 2.75) is 13.8 Å². The average molecular weight is 281 g/mol. The molecule has 4 heteroatoms. The highest BCUT2D eigenvalue weighted by molar-refractivity contribution is 6.03. The van der Waals surface area contributed by atoms with Gasteiger partial charge in [0.25, 0.3) is 5.91 Å². The van der Waals surface area contributed by atoms with Gasteiger partial charge in [0.1, 0.15) is 5.69 Å². The van der Waals surface area contributed by atoms with E-state index in [-0.39, 0.29) is 5.91 Å². The molecule has 2 N–H and O–H groups in total. The van der Waals surface area contributed by atoms with Crippen molar-refractivity contribution >= 4 is 17.3 Å². The van der Waals surface area contributed by atoms with Crippen LogP contribution in [0.5, 0.6) is 0 Å². The number of nitrogens with zero attached hydrogens (tertiary/aromatic N) is 1. The van der Waals surface area contributed by atoms with Crippen molar-refractivity contribution in [1.82, 2.24) is 4.98 Å². The number of carbonyl (C=O) groups is 1. The fourth-order valence-electron chi connectivity index (χ4n) is 2.10. The van der Waals surface area contributed by atoms with Crippen LogP contribution < -0.4 is 10.6 Å². The summed E-state index contributed by atoms with van der Waals surface area (Å²) >= 11 is 0. The Morgan fingerprint density at radius 1 is 1.19 bits per heavy atom. The van der Waals surface area contributed by atoms with Gasteiger partial charge in [0.2, 0.25) is 0 Å². The van der Waals surface area contributed by atoms with Gasteiger partial charge in [-0.2, -0.15) is 0 Å². The van der Waals surface area contributed by atoms with Gasteiger partial charge >= 0.3 is 0 Å². The monoisotopic (exact) mass is 281 g/mol. The van der Waals surface area contributed by atoms with Gasteiger partial charge in [-0.3, -0.25) is 9.78 Å². The maximum absolute atomic E-state index is 12.2. The lowest BCUT2D eigenvalue weighted by Gasteiger charge is -2.08. The van der Waals surface area contributed by atoms with Crippen LogP contribution in [0.4, 0.5) is 11.4 Å².